The fourth-order valence-corrected chi connectivity index (χ4v) is 1.63. The summed E-state index contributed by atoms with van der Waals surface area (Å²) in [6.45, 7) is 4.99. The van der Waals surface area contributed by atoms with Crippen LogP contribution in [0.5, 0.6) is 0 Å². The molecule has 0 aromatic carbocycles. The summed E-state index contributed by atoms with van der Waals surface area (Å²) in [5.74, 6) is 0. The topological polar surface area (TPSA) is 43.8 Å². The van der Waals surface area contributed by atoms with Crippen molar-refractivity contribution in [2.45, 2.75) is 33.1 Å². The molecule has 0 aliphatic heterocycles. The van der Waals surface area contributed by atoms with Crippen LogP contribution in [-0.2, 0) is 13.5 Å². The summed E-state index contributed by atoms with van der Waals surface area (Å²) >= 11 is 0. The number of nitrogens with zero attached hydrogens (tertiary/aromatic N) is 2. The van der Waals surface area contributed by atoms with Gasteiger partial charge in [0, 0.05) is 12.7 Å². The first kappa shape index (κ1) is 10.3. The van der Waals surface area contributed by atoms with Gasteiger partial charge < -0.3 is 5.73 Å². The highest BCUT2D eigenvalue weighted by atomic mass is 15.3. The molecular formula is C10H19N3. The van der Waals surface area contributed by atoms with Gasteiger partial charge in [0.2, 0.25) is 0 Å². The summed E-state index contributed by atoms with van der Waals surface area (Å²) in [4.78, 5) is 0. The molecule has 0 unspecified atom stereocenters. The molecule has 0 saturated heterocycles. The predicted molar refractivity (Wildman–Crippen MR) is 54.7 cm³/mol. The molecule has 74 valence electrons. The minimum atomic E-state index is 0.790. The van der Waals surface area contributed by atoms with Crippen molar-refractivity contribution < 1.29 is 0 Å². The fourth-order valence-electron chi connectivity index (χ4n) is 1.63. The molecular weight excluding hydrogens is 162 g/mol. The second-order valence-corrected chi connectivity index (χ2v) is 3.52. The van der Waals surface area contributed by atoms with Crippen LogP contribution < -0.4 is 5.73 Å². The van der Waals surface area contributed by atoms with Crippen LogP contribution in [0.2, 0.25) is 0 Å². The predicted octanol–water partition coefficient (Wildman–Crippen LogP) is 1.32. The van der Waals surface area contributed by atoms with Crippen molar-refractivity contribution in [3.05, 3.63) is 17.0 Å². The Kier molecular flexibility index (Phi) is 3.48. The Morgan fingerprint density at radius 2 is 2.00 bits per heavy atom. The van der Waals surface area contributed by atoms with Crippen LogP contribution in [0.4, 0.5) is 0 Å². The van der Waals surface area contributed by atoms with Crippen LogP contribution >= 0.6 is 0 Å². The maximum Gasteiger partial charge on any atom is 0.0628 e. The van der Waals surface area contributed by atoms with Gasteiger partial charge in [0.25, 0.3) is 0 Å². The first-order valence-corrected chi connectivity index (χ1v) is 4.86. The van der Waals surface area contributed by atoms with Crippen molar-refractivity contribution >= 4 is 0 Å². The first-order chi connectivity index (χ1) is 6.16. The standard InChI is InChI=1S/C10H19N3/c1-8-10(6-4-5-7-11)9(2)13(3)12-8/h4-7,11H2,1-3H3. The van der Waals surface area contributed by atoms with Crippen molar-refractivity contribution in [2.75, 3.05) is 6.54 Å². The minimum absolute atomic E-state index is 0.790. The lowest BCUT2D eigenvalue weighted by molar-refractivity contribution is 0.722. The second kappa shape index (κ2) is 4.42. The number of aromatic nitrogens is 2. The normalized spacial score (nSPS) is 10.8. The van der Waals surface area contributed by atoms with Crippen molar-refractivity contribution in [3.63, 3.8) is 0 Å². The zero-order valence-corrected chi connectivity index (χ0v) is 8.80. The number of hydrogen-bond donors (Lipinski definition) is 1. The third-order valence-electron chi connectivity index (χ3n) is 2.54. The van der Waals surface area contributed by atoms with E-state index in [1.54, 1.807) is 0 Å². The summed E-state index contributed by atoms with van der Waals surface area (Å²) in [6, 6.07) is 0. The van der Waals surface area contributed by atoms with Crippen LogP contribution in [0.15, 0.2) is 0 Å². The molecule has 3 heteroatoms. The lowest BCUT2D eigenvalue weighted by Gasteiger charge is -2.00. The van der Waals surface area contributed by atoms with Gasteiger partial charge in [-0.3, -0.25) is 4.68 Å². The summed E-state index contributed by atoms with van der Waals surface area (Å²) < 4.78 is 1.95. The fraction of sp³-hybridized carbons (Fsp3) is 0.700. The molecule has 0 amide bonds. The molecule has 0 aliphatic carbocycles. The second-order valence-electron chi connectivity index (χ2n) is 3.52. The van der Waals surface area contributed by atoms with Crippen LogP contribution in [-0.4, -0.2) is 16.3 Å². The zero-order chi connectivity index (χ0) is 9.84. The number of nitrogens with two attached hydrogens (primary N) is 1. The van der Waals surface area contributed by atoms with Gasteiger partial charge in [-0.2, -0.15) is 5.10 Å². The summed E-state index contributed by atoms with van der Waals surface area (Å²) in [6.07, 6.45) is 3.39. The number of unbranched alkanes of at least 4 members (excludes halogenated alkanes) is 1. The average Bonchev–Trinajstić information content (AvgIpc) is 2.32. The van der Waals surface area contributed by atoms with E-state index < -0.39 is 0 Å². The van der Waals surface area contributed by atoms with E-state index in [0.717, 1.165) is 25.1 Å². The molecule has 3 nitrogen and oxygen atoms in total. The molecule has 0 fully saturated rings. The highest BCUT2D eigenvalue weighted by Gasteiger charge is 2.07. The Labute approximate surface area is 79.9 Å². The summed E-state index contributed by atoms with van der Waals surface area (Å²) in [5.41, 5.74) is 9.30. The monoisotopic (exact) mass is 181 g/mol. The Bertz CT molecular complexity index is 276. The van der Waals surface area contributed by atoms with Gasteiger partial charge >= 0.3 is 0 Å². The zero-order valence-electron chi connectivity index (χ0n) is 8.80. The maximum atomic E-state index is 5.45. The van der Waals surface area contributed by atoms with Crippen molar-refractivity contribution in [1.29, 1.82) is 0 Å². The quantitative estimate of drug-likeness (QED) is 0.712. The number of hydrogen-bond acceptors (Lipinski definition) is 2. The Balaban J connectivity index is 2.64. The van der Waals surface area contributed by atoms with E-state index >= 15 is 0 Å². The molecule has 2 N–H and O–H groups in total. The molecule has 0 aliphatic rings. The largest absolute Gasteiger partial charge is 0.330 e. The number of rotatable bonds is 4. The SMILES string of the molecule is Cc1nn(C)c(C)c1CCCCN. The highest BCUT2D eigenvalue weighted by Crippen LogP contribution is 2.14. The van der Waals surface area contributed by atoms with Crippen LogP contribution in [0.25, 0.3) is 0 Å². The molecule has 1 aromatic heterocycles. The molecule has 1 aromatic rings. The summed E-state index contributed by atoms with van der Waals surface area (Å²) in [5, 5.41) is 4.37. The van der Waals surface area contributed by atoms with Gasteiger partial charge in [0.1, 0.15) is 0 Å². The Hall–Kier alpha value is -0.830. The highest BCUT2D eigenvalue weighted by molar-refractivity contribution is 5.24. The average molecular weight is 181 g/mol. The van der Waals surface area contributed by atoms with Gasteiger partial charge in [0.15, 0.2) is 0 Å². The third kappa shape index (κ3) is 2.31. The molecule has 0 spiro atoms. The van der Waals surface area contributed by atoms with Crippen molar-refractivity contribution in [2.24, 2.45) is 12.8 Å². The lowest BCUT2D eigenvalue weighted by atomic mass is 10.1. The third-order valence-corrected chi connectivity index (χ3v) is 2.54. The van der Waals surface area contributed by atoms with E-state index in [0.29, 0.717) is 0 Å². The molecule has 1 rings (SSSR count). The van der Waals surface area contributed by atoms with Crippen LogP contribution in [0.1, 0.15) is 29.8 Å². The minimum Gasteiger partial charge on any atom is -0.330 e. The molecule has 0 saturated carbocycles. The van der Waals surface area contributed by atoms with Gasteiger partial charge in [-0.25, -0.2) is 0 Å². The van der Waals surface area contributed by atoms with E-state index in [-0.39, 0.29) is 0 Å². The van der Waals surface area contributed by atoms with Crippen LogP contribution in [0.3, 0.4) is 0 Å². The van der Waals surface area contributed by atoms with Gasteiger partial charge in [-0.05, 0) is 45.2 Å². The molecule has 0 radical (unpaired) electrons. The van der Waals surface area contributed by atoms with E-state index in [1.807, 2.05) is 11.7 Å². The van der Waals surface area contributed by atoms with Crippen molar-refractivity contribution in [1.82, 2.24) is 9.78 Å². The smallest absolute Gasteiger partial charge is 0.0628 e. The maximum absolute atomic E-state index is 5.45. The van der Waals surface area contributed by atoms with Gasteiger partial charge in [-0.1, -0.05) is 0 Å². The van der Waals surface area contributed by atoms with E-state index in [9.17, 15) is 0 Å². The van der Waals surface area contributed by atoms with Crippen molar-refractivity contribution in [3.8, 4) is 0 Å². The Morgan fingerprint density at radius 1 is 1.31 bits per heavy atom. The van der Waals surface area contributed by atoms with Crippen LogP contribution in [0, 0.1) is 13.8 Å². The van der Waals surface area contributed by atoms with Gasteiger partial charge in [0.05, 0.1) is 5.69 Å². The molecule has 1 heterocycles. The van der Waals surface area contributed by atoms with E-state index in [2.05, 4.69) is 18.9 Å². The Morgan fingerprint density at radius 3 is 2.46 bits per heavy atom. The van der Waals surface area contributed by atoms with Gasteiger partial charge in [-0.15, -0.1) is 0 Å². The van der Waals surface area contributed by atoms with E-state index in [4.69, 9.17) is 5.73 Å². The molecule has 0 bridgehead atoms. The molecule has 0 atom stereocenters. The lowest BCUT2D eigenvalue weighted by Crippen LogP contribution is -2.00. The van der Waals surface area contributed by atoms with E-state index in [1.165, 1.54) is 17.7 Å². The number of aryl methyl sites for hydroxylation is 2. The summed E-state index contributed by atoms with van der Waals surface area (Å²) in [7, 11) is 1.99. The first-order valence-electron chi connectivity index (χ1n) is 4.86. The molecule has 13 heavy (non-hydrogen) atoms.